The number of hydrogen-bond donors (Lipinski definition) is 2. The molecule has 7 heteroatoms. The van der Waals surface area contributed by atoms with Crippen molar-refractivity contribution in [2.24, 2.45) is 0 Å². The Morgan fingerprint density at radius 1 is 1.11 bits per heavy atom. The highest BCUT2D eigenvalue weighted by Crippen LogP contribution is 2.18. The quantitative estimate of drug-likeness (QED) is 0.764. The monoisotopic (exact) mass is 388 g/mol. The minimum absolute atomic E-state index is 0.0666. The highest BCUT2D eigenvalue weighted by Gasteiger charge is 2.18. The molecule has 1 atom stereocenters. The molecular weight excluding hydrogens is 364 g/mol. The molecule has 0 aliphatic carbocycles. The van der Waals surface area contributed by atoms with E-state index in [0.717, 1.165) is 31.4 Å². The molecule has 0 radical (unpaired) electrons. The van der Waals surface area contributed by atoms with E-state index in [1.165, 1.54) is 24.3 Å². The predicted octanol–water partition coefficient (Wildman–Crippen LogP) is 2.96. The number of carbonyl (C=O) groups excluding carboxylic acids is 1. The van der Waals surface area contributed by atoms with Crippen LogP contribution in [0.4, 0.5) is 5.69 Å². The number of sulfonamides is 1. The molecule has 1 fully saturated rings. The minimum atomic E-state index is -3.70. The van der Waals surface area contributed by atoms with Crippen molar-refractivity contribution in [1.29, 1.82) is 0 Å². The van der Waals surface area contributed by atoms with Gasteiger partial charge >= 0.3 is 0 Å². The second-order valence-electron chi connectivity index (χ2n) is 6.53. The Morgan fingerprint density at radius 2 is 1.81 bits per heavy atom. The summed E-state index contributed by atoms with van der Waals surface area (Å²) in [6.07, 6.45) is 2.92. The fourth-order valence-electron chi connectivity index (χ4n) is 2.92. The fourth-order valence-corrected chi connectivity index (χ4v) is 3.98. The van der Waals surface area contributed by atoms with Crippen LogP contribution in [-0.2, 0) is 21.2 Å². The molecule has 0 spiro atoms. The van der Waals surface area contributed by atoms with E-state index in [9.17, 15) is 13.2 Å². The Balaban J connectivity index is 1.63. The summed E-state index contributed by atoms with van der Waals surface area (Å²) in [6, 6.07) is 13.2. The van der Waals surface area contributed by atoms with Gasteiger partial charge in [0.15, 0.2) is 0 Å². The molecular formula is C20H24N2O4S. The number of aryl methyl sites for hydroxylation is 1. The van der Waals surface area contributed by atoms with E-state index in [0.29, 0.717) is 17.8 Å². The van der Waals surface area contributed by atoms with Crippen LogP contribution in [0, 0.1) is 0 Å². The summed E-state index contributed by atoms with van der Waals surface area (Å²) in [5, 5.41) is 2.82. The predicted molar refractivity (Wildman–Crippen MR) is 104 cm³/mol. The minimum Gasteiger partial charge on any atom is -0.376 e. The Morgan fingerprint density at radius 3 is 2.41 bits per heavy atom. The maximum atomic E-state index is 12.5. The van der Waals surface area contributed by atoms with Gasteiger partial charge < -0.3 is 10.1 Å². The number of amides is 1. The van der Waals surface area contributed by atoms with E-state index in [4.69, 9.17) is 4.74 Å². The van der Waals surface area contributed by atoms with Crippen molar-refractivity contribution in [3.05, 3.63) is 59.7 Å². The Bertz CT molecular complexity index is 871. The van der Waals surface area contributed by atoms with Gasteiger partial charge in [-0.2, -0.15) is 0 Å². The lowest BCUT2D eigenvalue weighted by Gasteiger charge is -2.11. The van der Waals surface area contributed by atoms with Crippen LogP contribution < -0.4 is 10.0 Å². The van der Waals surface area contributed by atoms with Gasteiger partial charge in [-0.3, -0.25) is 9.52 Å². The van der Waals surface area contributed by atoms with Crippen LogP contribution in [0.25, 0.3) is 0 Å². The summed E-state index contributed by atoms with van der Waals surface area (Å²) < 4.78 is 33.0. The van der Waals surface area contributed by atoms with Crippen molar-refractivity contribution in [1.82, 2.24) is 5.32 Å². The second-order valence-corrected chi connectivity index (χ2v) is 8.21. The molecule has 2 N–H and O–H groups in total. The van der Waals surface area contributed by atoms with Gasteiger partial charge in [-0.05, 0) is 61.2 Å². The van der Waals surface area contributed by atoms with Crippen LogP contribution in [0.15, 0.2) is 53.4 Å². The molecule has 1 amide bonds. The molecule has 0 saturated carbocycles. The highest BCUT2D eigenvalue weighted by atomic mass is 32.2. The van der Waals surface area contributed by atoms with Crippen molar-refractivity contribution in [2.75, 3.05) is 17.9 Å². The average Bonchev–Trinajstić information content (AvgIpc) is 3.20. The number of benzene rings is 2. The maximum absolute atomic E-state index is 12.5. The Hall–Kier alpha value is -2.38. The summed E-state index contributed by atoms with van der Waals surface area (Å²) in [5.74, 6) is -0.238. The van der Waals surface area contributed by atoms with Crippen molar-refractivity contribution in [3.8, 4) is 0 Å². The first-order chi connectivity index (χ1) is 13.0. The number of carbonyl (C=O) groups is 1. The molecule has 0 aromatic heterocycles. The van der Waals surface area contributed by atoms with Gasteiger partial charge in [0.25, 0.3) is 15.9 Å². The number of anilines is 1. The summed E-state index contributed by atoms with van der Waals surface area (Å²) in [6.45, 7) is 3.24. The highest BCUT2D eigenvalue weighted by molar-refractivity contribution is 7.92. The van der Waals surface area contributed by atoms with E-state index in [1.54, 1.807) is 12.1 Å². The first-order valence-electron chi connectivity index (χ1n) is 9.09. The third-order valence-electron chi connectivity index (χ3n) is 4.56. The Kier molecular flexibility index (Phi) is 6.13. The smallest absolute Gasteiger partial charge is 0.261 e. The van der Waals surface area contributed by atoms with E-state index >= 15 is 0 Å². The standard InChI is InChI=1S/C20H24N2O4S/c1-2-15-5-9-17(10-6-15)22-27(24,25)19-11-7-16(8-12-19)20(23)21-14-18-4-3-13-26-18/h5-12,18,22H,2-4,13-14H2,1H3,(H,21,23). The van der Waals surface area contributed by atoms with Gasteiger partial charge in [0.2, 0.25) is 0 Å². The molecule has 2 aromatic rings. The van der Waals surface area contributed by atoms with Gasteiger partial charge in [-0.15, -0.1) is 0 Å². The molecule has 144 valence electrons. The summed E-state index contributed by atoms with van der Waals surface area (Å²) >= 11 is 0. The van der Waals surface area contributed by atoms with Gasteiger partial charge in [0, 0.05) is 24.4 Å². The SMILES string of the molecule is CCc1ccc(NS(=O)(=O)c2ccc(C(=O)NCC3CCCO3)cc2)cc1. The lowest BCUT2D eigenvalue weighted by atomic mass is 10.2. The lowest BCUT2D eigenvalue weighted by molar-refractivity contribution is 0.0857. The van der Waals surface area contributed by atoms with Gasteiger partial charge in [0.05, 0.1) is 11.0 Å². The fraction of sp³-hybridized carbons (Fsp3) is 0.350. The molecule has 1 saturated heterocycles. The van der Waals surface area contributed by atoms with Crippen LogP contribution in [0.2, 0.25) is 0 Å². The van der Waals surface area contributed by atoms with E-state index in [1.807, 2.05) is 19.1 Å². The van der Waals surface area contributed by atoms with Crippen molar-refractivity contribution >= 4 is 21.6 Å². The molecule has 1 unspecified atom stereocenters. The van der Waals surface area contributed by atoms with Crippen LogP contribution in [0.3, 0.4) is 0 Å². The molecule has 6 nitrogen and oxygen atoms in total. The summed E-state index contributed by atoms with van der Waals surface area (Å²) in [7, 11) is -3.70. The largest absolute Gasteiger partial charge is 0.376 e. The summed E-state index contributed by atoms with van der Waals surface area (Å²) in [4.78, 5) is 12.3. The Labute approximate surface area is 160 Å². The zero-order valence-electron chi connectivity index (χ0n) is 15.3. The van der Waals surface area contributed by atoms with Crippen LogP contribution in [-0.4, -0.2) is 33.6 Å². The lowest BCUT2D eigenvalue weighted by Crippen LogP contribution is -2.31. The zero-order valence-corrected chi connectivity index (χ0v) is 16.1. The molecule has 3 rings (SSSR count). The van der Waals surface area contributed by atoms with Gasteiger partial charge in [0.1, 0.15) is 0 Å². The van der Waals surface area contributed by atoms with Gasteiger partial charge in [-0.25, -0.2) is 8.42 Å². The van der Waals surface area contributed by atoms with Crippen LogP contribution in [0.5, 0.6) is 0 Å². The number of ether oxygens (including phenoxy) is 1. The van der Waals surface area contributed by atoms with Crippen molar-refractivity contribution < 1.29 is 17.9 Å². The van der Waals surface area contributed by atoms with E-state index in [-0.39, 0.29) is 16.9 Å². The number of hydrogen-bond acceptors (Lipinski definition) is 4. The normalized spacial score (nSPS) is 16.9. The van der Waals surface area contributed by atoms with Crippen LogP contribution in [0.1, 0.15) is 35.7 Å². The molecule has 2 aromatic carbocycles. The maximum Gasteiger partial charge on any atom is 0.261 e. The van der Waals surface area contributed by atoms with Crippen LogP contribution >= 0.6 is 0 Å². The first-order valence-corrected chi connectivity index (χ1v) is 10.6. The second kappa shape index (κ2) is 8.54. The van der Waals surface area contributed by atoms with Gasteiger partial charge in [-0.1, -0.05) is 19.1 Å². The number of rotatable bonds is 7. The zero-order chi connectivity index (χ0) is 19.3. The topological polar surface area (TPSA) is 84.5 Å². The molecule has 0 bridgehead atoms. The average molecular weight is 388 g/mol. The van der Waals surface area contributed by atoms with Crippen molar-refractivity contribution in [3.63, 3.8) is 0 Å². The first kappa shape index (κ1) is 19.4. The molecule has 1 aliphatic heterocycles. The van der Waals surface area contributed by atoms with Crippen molar-refractivity contribution in [2.45, 2.75) is 37.2 Å². The summed E-state index contributed by atoms with van der Waals surface area (Å²) in [5.41, 5.74) is 2.06. The third-order valence-corrected chi connectivity index (χ3v) is 5.95. The molecule has 27 heavy (non-hydrogen) atoms. The molecule has 1 heterocycles. The molecule has 1 aliphatic rings. The third kappa shape index (κ3) is 5.08. The van der Waals surface area contributed by atoms with E-state index < -0.39 is 10.0 Å². The number of nitrogens with one attached hydrogen (secondary N) is 2. The van der Waals surface area contributed by atoms with E-state index in [2.05, 4.69) is 10.0 Å².